The minimum Gasteiger partial charge on any atom is -0.453 e. The van der Waals surface area contributed by atoms with Crippen LogP contribution in [-0.4, -0.2) is 26.8 Å². The fraction of sp³-hybridized carbons (Fsp3) is 0.0667. The summed E-state index contributed by atoms with van der Waals surface area (Å²) in [4.78, 5) is 16.8. The van der Waals surface area contributed by atoms with Gasteiger partial charge in [0.15, 0.2) is 5.82 Å². The van der Waals surface area contributed by atoms with Gasteiger partial charge in [0, 0.05) is 11.1 Å². The maximum atomic E-state index is 12.5. The van der Waals surface area contributed by atoms with Crippen LogP contribution in [0.3, 0.4) is 0 Å². The molecule has 6 nitrogen and oxygen atoms in total. The van der Waals surface area contributed by atoms with E-state index in [1.807, 2.05) is 30.3 Å². The van der Waals surface area contributed by atoms with E-state index in [9.17, 15) is 9.00 Å². The van der Waals surface area contributed by atoms with Gasteiger partial charge in [0.2, 0.25) is 0 Å². The predicted molar refractivity (Wildman–Crippen MR) is 82.3 cm³/mol. The summed E-state index contributed by atoms with van der Waals surface area (Å²) in [7, 11) is 0.0174. The van der Waals surface area contributed by atoms with Crippen molar-refractivity contribution in [3.8, 4) is 0 Å². The molecule has 0 aliphatic heterocycles. The van der Waals surface area contributed by atoms with Crippen molar-refractivity contribution < 1.29 is 13.7 Å². The highest BCUT2D eigenvalue weighted by molar-refractivity contribution is 7.85. The van der Waals surface area contributed by atoms with Gasteiger partial charge in [-0.1, -0.05) is 18.2 Å². The lowest BCUT2D eigenvalue weighted by atomic mass is 10.4. The third kappa shape index (κ3) is 2.84. The topological polar surface area (TPSA) is 72.7 Å². The van der Waals surface area contributed by atoms with E-state index < -0.39 is 16.9 Å². The number of hydrogen-bond acceptors (Lipinski definition) is 4. The van der Waals surface area contributed by atoms with E-state index in [0.717, 1.165) is 4.90 Å². The van der Waals surface area contributed by atoms with E-state index in [-0.39, 0.29) is 0 Å². The summed E-state index contributed by atoms with van der Waals surface area (Å²) in [6.45, 7) is 0. The second-order valence-corrected chi connectivity index (χ2v) is 5.94. The first kappa shape index (κ1) is 14.3. The Labute approximate surface area is 129 Å². The molecule has 2 aromatic heterocycles. The summed E-state index contributed by atoms with van der Waals surface area (Å²) < 4.78 is 18.7. The zero-order valence-electron chi connectivity index (χ0n) is 11.7. The van der Waals surface area contributed by atoms with Gasteiger partial charge in [0.25, 0.3) is 0 Å². The van der Waals surface area contributed by atoms with E-state index in [4.69, 9.17) is 0 Å². The number of carbonyl (C=O) groups excluding carboxylic acids is 1. The molecular formula is C15H13N3O3S. The molecule has 3 aromatic rings. The largest absolute Gasteiger partial charge is 0.453 e. The van der Waals surface area contributed by atoms with E-state index in [0.29, 0.717) is 16.4 Å². The van der Waals surface area contributed by atoms with Gasteiger partial charge in [0.1, 0.15) is 5.65 Å². The molecule has 0 saturated heterocycles. The second-order valence-electron chi connectivity index (χ2n) is 4.45. The standard InChI is InChI=1S/C15H13N3O3S/c1-21-15(19)17-13-10-18-9-12(7-8-14(18)16-13)22(20)11-5-3-2-4-6-11/h2-10H,1H3,(H,17,19)/t22-/m0/s1. The number of hydrogen-bond donors (Lipinski definition) is 1. The molecule has 1 amide bonds. The smallest absolute Gasteiger partial charge is 0.412 e. The average molecular weight is 315 g/mol. The summed E-state index contributed by atoms with van der Waals surface area (Å²) in [5, 5.41) is 2.49. The minimum atomic E-state index is -1.27. The first-order valence-corrected chi connectivity index (χ1v) is 7.63. The van der Waals surface area contributed by atoms with Crippen molar-refractivity contribution in [1.29, 1.82) is 0 Å². The van der Waals surface area contributed by atoms with Gasteiger partial charge in [-0.3, -0.25) is 5.32 Å². The molecule has 0 fully saturated rings. The maximum Gasteiger partial charge on any atom is 0.412 e. The first-order chi connectivity index (χ1) is 10.7. The van der Waals surface area contributed by atoms with Crippen molar-refractivity contribution in [2.75, 3.05) is 12.4 Å². The van der Waals surface area contributed by atoms with Crippen LogP contribution in [0.1, 0.15) is 0 Å². The van der Waals surface area contributed by atoms with Crippen molar-refractivity contribution >= 4 is 28.4 Å². The molecule has 2 heterocycles. The molecule has 7 heteroatoms. The van der Waals surface area contributed by atoms with E-state index >= 15 is 0 Å². The molecule has 1 aromatic carbocycles. The number of amides is 1. The van der Waals surface area contributed by atoms with Crippen LogP contribution in [0, 0.1) is 0 Å². The predicted octanol–water partition coefficient (Wildman–Crippen LogP) is 2.68. The number of pyridine rings is 1. The molecule has 0 saturated carbocycles. The SMILES string of the molecule is COC(=O)Nc1cn2cc([S@@](=O)c3ccccc3)ccc2n1. The van der Waals surface area contributed by atoms with Gasteiger partial charge in [0.05, 0.1) is 29.0 Å². The summed E-state index contributed by atoms with van der Waals surface area (Å²) in [5.74, 6) is 0.370. The number of nitrogens with zero attached hydrogens (tertiary/aromatic N) is 2. The van der Waals surface area contributed by atoms with Crippen molar-refractivity contribution in [1.82, 2.24) is 9.38 Å². The van der Waals surface area contributed by atoms with E-state index in [1.54, 1.807) is 28.9 Å². The number of rotatable bonds is 3. The van der Waals surface area contributed by atoms with Crippen LogP contribution in [0.25, 0.3) is 5.65 Å². The third-order valence-corrected chi connectivity index (χ3v) is 4.38. The van der Waals surface area contributed by atoms with Gasteiger partial charge in [-0.2, -0.15) is 0 Å². The molecule has 0 aliphatic carbocycles. The Morgan fingerprint density at radius 1 is 1.14 bits per heavy atom. The highest BCUT2D eigenvalue weighted by Gasteiger charge is 2.10. The Bertz CT molecular complexity index is 846. The van der Waals surface area contributed by atoms with Gasteiger partial charge in [-0.05, 0) is 24.3 Å². The summed E-state index contributed by atoms with van der Waals surface area (Å²) >= 11 is 0. The van der Waals surface area contributed by atoms with Crippen LogP contribution >= 0.6 is 0 Å². The number of nitrogens with one attached hydrogen (secondary N) is 1. The zero-order valence-corrected chi connectivity index (χ0v) is 12.5. The highest BCUT2D eigenvalue weighted by atomic mass is 32.2. The number of imidazole rings is 1. The summed E-state index contributed by atoms with van der Waals surface area (Å²) in [6.07, 6.45) is 2.78. The Kier molecular flexibility index (Phi) is 3.88. The molecule has 0 bridgehead atoms. The Balaban J connectivity index is 1.93. The fourth-order valence-electron chi connectivity index (χ4n) is 1.98. The van der Waals surface area contributed by atoms with Crippen LogP contribution < -0.4 is 5.32 Å². The molecule has 1 N–H and O–H groups in total. The summed E-state index contributed by atoms with van der Waals surface area (Å²) in [6, 6.07) is 12.7. The lowest BCUT2D eigenvalue weighted by Crippen LogP contribution is -2.10. The molecule has 0 radical (unpaired) electrons. The molecule has 0 spiro atoms. The average Bonchev–Trinajstić information content (AvgIpc) is 2.96. The van der Waals surface area contributed by atoms with Gasteiger partial charge >= 0.3 is 6.09 Å². The highest BCUT2D eigenvalue weighted by Crippen LogP contribution is 2.18. The zero-order chi connectivity index (χ0) is 15.5. The van der Waals surface area contributed by atoms with E-state index in [1.165, 1.54) is 7.11 Å². The molecule has 3 rings (SSSR count). The summed E-state index contributed by atoms with van der Waals surface area (Å²) in [5.41, 5.74) is 0.639. The van der Waals surface area contributed by atoms with E-state index in [2.05, 4.69) is 15.0 Å². The van der Waals surface area contributed by atoms with Crippen LogP contribution in [0.2, 0.25) is 0 Å². The molecule has 0 unspecified atom stereocenters. The second kappa shape index (κ2) is 5.98. The Hall–Kier alpha value is -2.67. The van der Waals surface area contributed by atoms with Crippen LogP contribution in [0.5, 0.6) is 0 Å². The maximum absolute atomic E-state index is 12.5. The van der Waals surface area contributed by atoms with Gasteiger partial charge in [-0.25, -0.2) is 14.0 Å². The fourth-order valence-corrected chi connectivity index (χ4v) is 3.05. The molecule has 22 heavy (non-hydrogen) atoms. The molecule has 0 aliphatic rings. The molecule has 1 atom stereocenters. The van der Waals surface area contributed by atoms with Crippen molar-refractivity contribution in [2.45, 2.75) is 9.79 Å². The number of benzene rings is 1. The molecular weight excluding hydrogens is 302 g/mol. The van der Waals surface area contributed by atoms with Crippen molar-refractivity contribution in [2.24, 2.45) is 0 Å². The van der Waals surface area contributed by atoms with Crippen LogP contribution in [0.4, 0.5) is 10.6 Å². The third-order valence-electron chi connectivity index (χ3n) is 3.01. The molecule has 112 valence electrons. The van der Waals surface area contributed by atoms with Gasteiger partial charge in [-0.15, -0.1) is 0 Å². The monoisotopic (exact) mass is 315 g/mol. The van der Waals surface area contributed by atoms with Crippen LogP contribution in [0.15, 0.2) is 64.6 Å². The van der Waals surface area contributed by atoms with Crippen molar-refractivity contribution in [3.63, 3.8) is 0 Å². The minimum absolute atomic E-state index is 0.370. The number of fused-ring (bicyclic) bond motifs is 1. The lowest BCUT2D eigenvalue weighted by molar-refractivity contribution is 0.187. The normalized spacial score (nSPS) is 12.0. The van der Waals surface area contributed by atoms with Gasteiger partial charge < -0.3 is 9.14 Å². The number of anilines is 1. The quantitative estimate of drug-likeness (QED) is 0.806. The number of methoxy groups -OCH3 is 1. The number of carbonyl (C=O) groups is 1. The lowest BCUT2D eigenvalue weighted by Gasteiger charge is -2.02. The number of aromatic nitrogens is 2. The first-order valence-electron chi connectivity index (χ1n) is 6.48. The Morgan fingerprint density at radius 2 is 1.91 bits per heavy atom. The van der Waals surface area contributed by atoms with Crippen molar-refractivity contribution in [3.05, 3.63) is 54.9 Å². The Morgan fingerprint density at radius 3 is 2.64 bits per heavy atom. The van der Waals surface area contributed by atoms with Crippen LogP contribution in [-0.2, 0) is 15.5 Å². The number of ether oxygens (including phenoxy) is 1.